The monoisotopic (exact) mass is 210 g/mol. The number of likely N-dealkylation sites (tertiary alicyclic amines) is 1. The second-order valence-electron chi connectivity index (χ2n) is 6.08. The number of fused-ring (bicyclic) bond motifs is 1. The van der Waals surface area contributed by atoms with E-state index < -0.39 is 0 Å². The molecule has 2 nitrogen and oxygen atoms in total. The quantitative estimate of drug-likeness (QED) is 0.712. The van der Waals surface area contributed by atoms with Crippen LogP contribution < -0.4 is 5.32 Å². The van der Waals surface area contributed by atoms with Crippen LogP contribution in [0.15, 0.2) is 0 Å². The summed E-state index contributed by atoms with van der Waals surface area (Å²) in [5.41, 5.74) is 0.541. The van der Waals surface area contributed by atoms with Gasteiger partial charge in [-0.2, -0.15) is 0 Å². The third-order valence-electron chi connectivity index (χ3n) is 5.14. The van der Waals surface area contributed by atoms with Gasteiger partial charge in [0.2, 0.25) is 0 Å². The Morgan fingerprint density at radius 3 is 2.73 bits per heavy atom. The molecule has 3 unspecified atom stereocenters. The Morgan fingerprint density at radius 1 is 1.33 bits per heavy atom. The molecule has 0 aromatic rings. The van der Waals surface area contributed by atoms with Gasteiger partial charge in [-0.25, -0.2) is 0 Å². The molecule has 2 saturated heterocycles. The molecular formula is C13H26N2. The van der Waals surface area contributed by atoms with E-state index in [1.54, 1.807) is 0 Å². The Labute approximate surface area is 94.4 Å². The highest BCUT2D eigenvalue weighted by atomic mass is 15.2. The van der Waals surface area contributed by atoms with Crippen LogP contribution in [0.2, 0.25) is 0 Å². The third kappa shape index (κ3) is 1.83. The molecule has 2 aliphatic rings. The van der Waals surface area contributed by atoms with Gasteiger partial charge in [-0.05, 0) is 43.7 Å². The second kappa shape index (κ2) is 4.06. The molecule has 0 aromatic heterocycles. The van der Waals surface area contributed by atoms with Crippen molar-refractivity contribution in [2.75, 3.05) is 26.7 Å². The molecule has 0 bridgehead atoms. The van der Waals surface area contributed by atoms with Gasteiger partial charge >= 0.3 is 0 Å². The molecule has 2 heteroatoms. The molecule has 2 aliphatic heterocycles. The maximum Gasteiger partial charge on any atom is 0.0263 e. The molecule has 0 saturated carbocycles. The molecule has 0 aliphatic carbocycles. The Hall–Kier alpha value is -0.0800. The second-order valence-corrected chi connectivity index (χ2v) is 6.08. The molecule has 2 heterocycles. The van der Waals surface area contributed by atoms with Crippen LogP contribution >= 0.6 is 0 Å². The normalized spacial score (nSPS) is 43.0. The smallest absolute Gasteiger partial charge is 0.0263 e. The minimum atomic E-state index is 0.541. The average Bonchev–Trinajstić information content (AvgIpc) is 2.61. The third-order valence-corrected chi connectivity index (χ3v) is 5.14. The molecule has 0 aromatic carbocycles. The van der Waals surface area contributed by atoms with E-state index in [0.717, 1.165) is 17.9 Å². The van der Waals surface area contributed by atoms with E-state index in [1.807, 2.05) is 0 Å². The Kier molecular flexibility index (Phi) is 3.09. The fourth-order valence-corrected chi connectivity index (χ4v) is 3.58. The van der Waals surface area contributed by atoms with Crippen molar-refractivity contribution in [1.82, 2.24) is 10.2 Å². The molecule has 0 amide bonds. The molecule has 0 radical (unpaired) electrons. The summed E-state index contributed by atoms with van der Waals surface area (Å²) in [5, 5.41) is 3.59. The molecule has 2 fully saturated rings. The highest BCUT2D eigenvalue weighted by molar-refractivity contribution is 5.00. The zero-order chi connectivity index (χ0) is 11.1. The maximum absolute atomic E-state index is 3.59. The molecule has 0 spiro atoms. The van der Waals surface area contributed by atoms with E-state index in [9.17, 15) is 0 Å². The summed E-state index contributed by atoms with van der Waals surface area (Å²) < 4.78 is 0. The predicted molar refractivity (Wildman–Crippen MR) is 65.0 cm³/mol. The Bertz CT molecular complexity index is 227. The first-order valence-corrected chi connectivity index (χ1v) is 6.46. The van der Waals surface area contributed by atoms with Crippen molar-refractivity contribution in [2.45, 2.75) is 39.7 Å². The number of nitrogens with one attached hydrogen (secondary N) is 1. The van der Waals surface area contributed by atoms with Crippen LogP contribution in [0, 0.1) is 17.3 Å². The van der Waals surface area contributed by atoms with Gasteiger partial charge in [0, 0.05) is 19.1 Å². The molecular weight excluding hydrogens is 184 g/mol. The largest absolute Gasteiger partial charge is 0.315 e. The number of likely N-dealkylation sites (N-methyl/N-ethyl adjacent to an activating group) is 1. The van der Waals surface area contributed by atoms with Gasteiger partial charge in [0.1, 0.15) is 0 Å². The minimum absolute atomic E-state index is 0.541. The lowest BCUT2D eigenvalue weighted by atomic mass is 9.65. The maximum atomic E-state index is 3.59. The minimum Gasteiger partial charge on any atom is -0.315 e. The van der Waals surface area contributed by atoms with Gasteiger partial charge in [-0.1, -0.05) is 20.8 Å². The molecule has 1 N–H and O–H groups in total. The van der Waals surface area contributed by atoms with Crippen molar-refractivity contribution in [2.24, 2.45) is 17.3 Å². The number of hydrogen-bond acceptors (Lipinski definition) is 2. The molecule has 2 rings (SSSR count). The first-order valence-electron chi connectivity index (χ1n) is 6.46. The van der Waals surface area contributed by atoms with Crippen LogP contribution in [0.25, 0.3) is 0 Å². The van der Waals surface area contributed by atoms with Gasteiger partial charge in [-0.15, -0.1) is 0 Å². The summed E-state index contributed by atoms with van der Waals surface area (Å²) in [5.74, 6) is 1.65. The molecule has 88 valence electrons. The van der Waals surface area contributed by atoms with E-state index in [-0.39, 0.29) is 0 Å². The molecule has 3 atom stereocenters. The lowest BCUT2D eigenvalue weighted by Crippen LogP contribution is -2.43. The van der Waals surface area contributed by atoms with Crippen LogP contribution in [0.5, 0.6) is 0 Å². The fraction of sp³-hybridized carbons (Fsp3) is 1.00. The van der Waals surface area contributed by atoms with Gasteiger partial charge in [0.05, 0.1) is 0 Å². The predicted octanol–water partition coefficient (Wildman–Crippen LogP) is 1.96. The van der Waals surface area contributed by atoms with E-state index in [2.05, 4.69) is 38.0 Å². The summed E-state index contributed by atoms with van der Waals surface area (Å²) in [4.78, 5) is 2.58. The fourth-order valence-electron chi connectivity index (χ4n) is 3.58. The van der Waals surface area contributed by atoms with Crippen molar-refractivity contribution in [3.05, 3.63) is 0 Å². The highest BCUT2D eigenvalue weighted by Crippen LogP contribution is 2.45. The van der Waals surface area contributed by atoms with E-state index in [4.69, 9.17) is 0 Å². The lowest BCUT2D eigenvalue weighted by molar-refractivity contribution is 0.0852. The SMILES string of the molecule is CC(C)C1(C)CCCN(C)C2CNCC21. The summed E-state index contributed by atoms with van der Waals surface area (Å²) in [6, 6.07) is 0.778. The van der Waals surface area contributed by atoms with Gasteiger partial charge in [0.15, 0.2) is 0 Å². The number of nitrogens with zero attached hydrogens (tertiary/aromatic N) is 1. The van der Waals surface area contributed by atoms with E-state index >= 15 is 0 Å². The molecule has 15 heavy (non-hydrogen) atoms. The average molecular weight is 210 g/mol. The highest BCUT2D eigenvalue weighted by Gasteiger charge is 2.46. The van der Waals surface area contributed by atoms with Crippen LogP contribution in [-0.4, -0.2) is 37.6 Å². The van der Waals surface area contributed by atoms with Crippen molar-refractivity contribution in [3.63, 3.8) is 0 Å². The van der Waals surface area contributed by atoms with Gasteiger partial charge in [0.25, 0.3) is 0 Å². The van der Waals surface area contributed by atoms with Crippen LogP contribution in [-0.2, 0) is 0 Å². The first-order chi connectivity index (χ1) is 7.05. The number of hydrogen-bond donors (Lipinski definition) is 1. The van der Waals surface area contributed by atoms with Crippen molar-refractivity contribution >= 4 is 0 Å². The van der Waals surface area contributed by atoms with Crippen LogP contribution in [0.4, 0.5) is 0 Å². The van der Waals surface area contributed by atoms with Gasteiger partial charge < -0.3 is 10.2 Å². The van der Waals surface area contributed by atoms with E-state index in [0.29, 0.717) is 5.41 Å². The summed E-state index contributed by atoms with van der Waals surface area (Å²) in [6.45, 7) is 11.0. The zero-order valence-corrected chi connectivity index (χ0v) is 10.7. The summed E-state index contributed by atoms with van der Waals surface area (Å²) in [7, 11) is 2.30. The zero-order valence-electron chi connectivity index (χ0n) is 10.7. The van der Waals surface area contributed by atoms with Crippen molar-refractivity contribution in [1.29, 1.82) is 0 Å². The lowest BCUT2D eigenvalue weighted by Gasteiger charge is -2.41. The number of rotatable bonds is 1. The van der Waals surface area contributed by atoms with Crippen molar-refractivity contribution < 1.29 is 0 Å². The topological polar surface area (TPSA) is 15.3 Å². The van der Waals surface area contributed by atoms with Crippen LogP contribution in [0.1, 0.15) is 33.6 Å². The van der Waals surface area contributed by atoms with Crippen molar-refractivity contribution in [3.8, 4) is 0 Å². The first kappa shape index (κ1) is 11.4. The summed E-state index contributed by atoms with van der Waals surface area (Å²) in [6.07, 6.45) is 2.77. The van der Waals surface area contributed by atoms with Crippen LogP contribution in [0.3, 0.4) is 0 Å². The van der Waals surface area contributed by atoms with Gasteiger partial charge in [-0.3, -0.25) is 0 Å². The Morgan fingerprint density at radius 2 is 2.07 bits per heavy atom. The standard InChI is InChI=1S/C13H26N2/c1-10(2)13(3)6-5-7-15(4)12-9-14-8-11(12)13/h10-12,14H,5-9H2,1-4H3. The Balaban J connectivity index is 2.24. The van der Waals surface area contributed by atoms with E-state index in [1.165, 1.54) is 32.5 Å². The summed E-state index contributed by atoms with van der Waals surface area (Å²) >= 11 is 0.